The van der Waals surface area contributed by atoms with Crippen LogP contribution in [0, 0.1) is 5.41 Å². The lowest BCUT2D eigenvalue weighted by atomic mass is 9.99. The van der Waals surface area contributed by atoms with Crippen molar-refractivity contribution in [2.75, 3.05) is 13.2 Å². The fourth-order valence-electron chi connectivity index (χ4n) is 0.601. The van der Waals surface area contributed by atoms with Crippen LogP contribution in [0.4, 0.5) is 0 Å². The van der Waals surface area contributed by atoms with Crippen LogP contribution in [0.15, 0.2) is 4.99 Å². The summed E-state index contributed by atoms with van der Waals surface area (Å²) in [4.78, 5) is 14.8. The Morgan fingerprint density at radius 1 is 1.50 bits per heavy atom. The molecule has 0 bridgehead atoms. The summed E-state index contributed by atoms with van der Waals surface area (Å²) >= 11 is 0. The zero-order valence-electron chi connectivity index (χ0n) is 8.26. The molecule has 0 aliphatic rings. The minimum Gasteiger partial charge on any atom is -0.465 e. The Kier molecular flexibility index (Phi) is 4.55. The number of carbonyl (C=O) groups is 1. The van der Waals surface area contributed by atoms with E-state index in [0.29, 0.717) is 6.61 Å². The Labute approximate surface area is 73.8 Å². The number of esters is 1. The molecule has 0 aromatic rings. The van der Waals surface area contributed by atoms with Crippen molar-refractivity contribution < 1.29 is 9.53 Å². The number of hydrogen-bond donors (Lipinski definition) is 0. The van der Waals surface area contributed by atoms with Gasteiger partial charge in [-0.05, 0) is 12.3 Å². The maximum atomic E-state index is 10.8. The summed E-state index contributed by atoms with van der Waals surface area (Å²) in [5, 5.41) is 0. The van der Waals surface area contributed by atoms with Crippen LogP contribution in [0.1, 0.15) is 27.7 Å². The third-order valence-corrected chi connectivity index (χ3v) is 1.00. The smallest absolute Gasteiger partial charge is 0.327 e. The van der Waals surface area contributed by atoms with E-state index in [4.69, 9.17) is 4.74 Å². The lowest BCUT2D eigenvalue weighted by molar-refractivity contribution is -0.141. The lowest BCUT2D eigenvalue weighted by Crippen LogP contribution is -2.11. The van der Waals surface area contributed by atoms with E-state index in [2.05, 4.69) is 4.99 Å². The second kappa shape index (κ2) is 4.91. The zero-order valence-corrected chi connectivity index (χ0v) is 8.26. The highest BCUT2D eigenvalue weighted by Gasteiger charge is 2.05. The average molecular weight is 171 g/mol. The molecule has 3 heteroatoms. The molecule has 0 unspecified atom stereocenters. The van der Waals surface area contributed by atoms with Gasteiger partial charge in [-0.15, -0.1) is 0 Å². The molecule has 0 aliphatic carbocycles. The summed E-state index contributed by atoms with van der Waals surface area (Å²) in [5.41, 5.74) is 0.0342. The second-order valence-corrected chi connectivity index (χ2v) is 3.64. The Balaban J connectivity index is 3.68. The first-order chi connectivity index (χ1) is 5.45. The van der Waals surface area contributed by atoms with E-state index in [9.17, 15) is 4.79 Å². The number of rotatable bonds is 3. The Bertz CT molecular complexity index is 168. The van der Waals surface area contributed by atoms with E-state index in [1.54, 1.807) is 13.1 Å². The minimum absolute atomic E-state index is 0.0342. The molecule has 0 saturated heterocycles. The van der Waals surface area contributed by atoms with Crippen LogP contribution >= 0.6 is 0 Å². The molecule has 12 heavy (non-hydrogen) atoms. The summed E-state index contributed by atoms with van der Waals surface area (Å²) in [6, 6.07) is 0. The van der Waals surface area contributed by atoms with Gasteiger partial charge in [0.05, 0.1) is 6.61 Å². The lowest BCUT2D eigenvalue weighted by Gasteiger charge is -2.09. The molecular formula is C9H17NO2. The monoisotopic (exact) mass is 171 g/mol. The van der Waals surface area contributed by atoms with Gasteiger partial charge in [0, 0.05) is 6.21 Å². The SMILES string of the molecule is CCOC(=O)CN=CC(C)(C)C. The van der Waals surface area contributed by atoms with Gasteiger partial charge in [0.1, 0.15) is 6.54 Å². The molecule has 0 aliphatic heterocycles. The Morgan fingerprint density at radius 3 is 2.50 bits per heavy atom. The molecule has 0 fully saturated rings. The molecule has 3 nitrogen and oxygen atoms in total. The fourth-order valence-corrected chi connectivity index (χ4v) is 0.601. The summed E-state index contributed by atoms with van der Waals surface area (Å²) < 4.78 is 4.70. The zero-order chi connectivity index (χ0) is 9.61. The molecule has 0 aromatic heterocycles. The van der Waals surface area contributed by atoms with Gasteiger partial charge in [0.15, 0.2) is 0 Å². The van der Waals surface area contributed by atoms with Gasteiger partial charge in [-0.3, -0.25) is 9.79 Å². The molecule has 0 rings (SSSR count). The van der Waals surface area contributed by atoms with Gasteiger partial charge in [-0.1, -0.05) is 20.8 Å². The van der Waals surface area contributed by atoms with E-state index in [0.717, 1.165) is 0 Å². The number of aliphatic imine (C=N–C) groups is 1. The molecule has 0 aromatic carbocycles. The average Bonchev–Trinajstić information content (AvgIpc) is 1.84. The van der Waals surface area contributed by atoms with Crippen LogP contribution in [0.25, 0.3) is 0 Å². The first-order valence-corrected chi connectivity index (χ1v) is 4.12. The van der Waals surface area contributed by atoms with Crippen molar-refractivity contribution >= 4 is 12.2 Å². The minimum atomic E-state index is -0.266. The molecule has 0 N–H and O–H groups in total. The maximum Gasteiger partial charge on any atom is 0.327 e. The normalized spacial score (nSPS) is 12.0. The van der Waals surface area contributed by atoms with Crippen molar-refractivity contribution in [2.24, 2.45) is 10.4 Å². The standard InChI is InChI=1S/C9H17NO2/c1-5-12-8(11)6-10-7-9(2,3)4/h7H,5-6H2,1-4H3. The molecule has 70 valence electrons. The molecule has 0 spiro atoms. The van der Waals surface area contributed by atoms with E-state index >= 15 is 0 Å². The van der Waals surface area contributed by atoms with Crippen LogP contribution < -0.4 is 0 Å². The Hall–Kier alpha value is -0.860. The number of nitrogens with zero attached hydrogens (tertiary/aromatic N) is 1. The second-order valence-electron chi connectivity index (χ2n) is 3.64. The van der Waals surface area contributed by atoms with Gasteiger partial charge >= 0.3 is 5.97 Å². The predicted octanol–water partition coefficient (Wildman–Crippen LogP) is 1.67. The number of hydrogen-bond acceptors (Lipinski definition) is 3. The molecule has 0 saturated carbocycles. The summed E-state index contributed by atoms with van der Waals surface area (Å²) in [6.45, 7) is 8.42. The predicted molar refractivity (Wildman–Crippen MR) is 49.4 cm³/mol. The van der Waals surface area contributed by atoms with Crippen molar-refractivity contribution in [2.45, 2.75) is 27.7 Å². The number of carbonyl (C=O) groups excluding carboxylic acids is 1. The third kappa shape index (κ3) is 7.25. The van der Waals surface area contributed by atoms with Gasteiger partial charge < -0.3 is 4.74 Å². The highest BCUT2D eigenvalue weighted by atomic mass is 16.5. The van der Waals surface area contributed by atoms with Gasteiger partial charge in [0.2, 0.25) is 0 Å². The number of ether oxygens (including phenoxy) is 1. The van der Waals surface area contributed by atoms with Gasteiger partial charge in [0.25, 0.3) is 0 Å². The summed E-state index contributed by atoms with van der Waals surface area (Å²) in [7, 11) is 0. The topological polar surface area (TPSA) is 38.7 Å². The maximum absolute atomic E-state index is 10.8. The van der Waals surface area contributed by atoms with Gasteiger partial charge in [-0.2, -0.15) is 0 Å². The van der Waals surface area contributed by atoms with E-state index in [-0.39, 0.29) is 17.9 Å². The highest BCUT2D eigenvalue weighted by molar-refractivity contribution is 5.75. The van der Waals surface area contributed by atoms with E-state index in [1.165, 1.54) is 0 Å². The first kappa shape index (κ1) is 11.1. The Morgan fingerprint density at radius 2 is 2.08 bits per heavy atom. The molecule has 0 amide bonds. The largest absolute Gasteiger partial charge is 0.465 e. The summed E-state index contributed by atoms with van der Waals surface area (Å²) in [6.07, 6.45) is 1.77. The van der Waals surface area contributed by atoms with Crippen LogP contribution in [-0.2, 0) is 9.53 Å². The highest BCUT2D eigenvalue weighted by Crippen LogP contribution is 2.07. The molecular weight excluding hydrogens is 154 g/mol. The van der Waals surface area contributed by atoms with E-state index < -0.39 is 0 Å². The van der Waals surface area contributed by atoms with Crippen molar-refractivity contribution in [1.82, 2.24) is 0 Å². The van der Waals surface area contributed by atoms with Crippen molar-refractivity contribution in [3.63, 3.8) is 0 Å². The van der Waals surface area contributed by atoms with Crippen LogP contribution in [0.2, 0.25) is 0 Å². The van der Waals surface area contributed by atoms with Crippen LogP contribution in [0.5, 0.6) is 0 Å². The van der Waals surface area contributed by atoms with Crippen LogP contribution in [-0.4, -0.2) is 25.3 Å². The molecule has 0 radical (unpaired) electrons. The van der Waals surface area contributed by atoms with E-state index in [1.807, 2.05) is 20.8 Å². The first-order valence-electron chi connectivity index (χ1n) is 4.12. The fraction of sp³-hybridized carbons (Fsp3) is 0.778. The van der Waals surface area contributed by atoms with Crippen molar-refractivity contribution in [1.29, 1.82) is 0 Å². The van der Waals surface area contributed by atoms with Crippen LogP contribution in [0.3, 0.4) is 0 Å². The third-order valence-electron chi connectivity index (χ3n) is 1.00. The molecule has 0 heterocycles. The van der Waals surface area contributed by atoms with Gasteiger partial charge in [-0.25, -0.2) is 0 Å². The molecule has 0 atom stereocenters. The van der Waals surface area contributed by atoms with Crippen molar-refractivity contribution in [3.05, 3.63) is 0 Å². The van der Waals surface area contributed by atoms with Crippen molar-refractivity contribution in [3.8, 4) is 0 Å². The summed E-state index contributed by atoms with van der Waals surface area (Å²) in [5.74, 6) is -0.266. The quantitative estimate of drug-likeness (QED) is 0.478.